The van der Waals surface area contributed by atoms with Gasteiger partial charge in [0, 0.05) is 13.0 Å². The maximum absolute atomic E-state index is 13.8. The molecule has 0 aromatic carbocycles. The highest BCUT2D eigenvalue weighted by Crippen LogP contribution is 2.20. The Morgan fingerprint density at radius 2 is 1.22 bits per heavy atom. The zero-order chi connectivity index (χ0) is 45.3. The molecule has 9 atom stereocenters. The summed E-state index contributed by atoms with van der Waals surface area (Å²) < 4.78 is 0. The molecule has 336 valence electrons. The summed E-state index contributed by atoms with van der Waals surface area (Å²) in [5.41, 5.74) is 5.94. The van der Waals surface area contributed by atoms with Gasteiger partial charge in [-0.15, -0.1) is 0 Å². The second-order valence-electron chi connectivity index (χ2n) is 16.0. The van der Waals surface area contributed by atoms with Gasteiger partial charge in [0.05, 0.1) is 12.1 Å². The molecule has 7 amide bonds. The van der Waals surface area contributed by atoms with E-state index in [1.807, 2.05) is 6.26 Å². The predicted octanol–water partition coefficient (Wildman–Crippen LogP) is -1.33. The van der Waals surface area contributed by atoms with Crippen molar-refractivity contribution in [3.63, 3.8) is 0 Å². The van der Waals surface area contributed by atoms with Crippen molar-refractivity contribution in [2.45, 2.75) is 148 Å². The zero-order valence-corrected chi connectivity index (χ0v) is 36.4. The molecule has 11 N–H and O–H groups in total. The molecule has 0 aromatic rings. The molecular weight excluding hydrogens is 793 g/mol. The normalized spacial score (nSPS) is 18.1. The topological polar surface area (TPSA) is 316 Å². The van der Waals surface area contributed by atoms with Crippen LogP contribution in [0.25, 0.3) is 0 Å². The molecule has 0 saturated carbocycles. The molecule has 59 heavy (non-hydrogen) atoms. The van der Waals surface area contributed by atoms with Crippen molar-refractivity contribution in [3.8, 4) is 0 Å². The average Bonchev–Trinajstić information content (AvgIpc) is 3.64. The first-order valence-corrected chi connectivity index (χ1v) is 21.3. The smallest absolute Gasteiger partial charge is 0.326 e. The highest BCUT2D eigenvalue weighted by atomic mass is 32.2. The largest absolute Gasteiger partial charge is 0.481 e. The van der Waals surface area contributed by atoms with E-state index in [4.69, 9.17) is 5.73 Å². The molecule has 0 aliphatic carbocycles. The van der Waals surface area contributed by atoms with Crippen LogP contribution in [0.15, 0.2) is 0 Å². The lowest BCUT2D eigenvalue weighted by molar-refractivity contribution is -0.143. The number of aliphatic hydroxyl groups is 1. The van der Waals surface area contributed by atoms with Crippen LogP contribution < -0.4 is 37.6 Å². The van der Waals surface area contributed by atoms with Crippen LogP contribution in [0, 0.1) is 17.8 Å². The number of hydrogen-bond acceptors (Lipinski definition) is 12. The van der Waals surface area contributed by atoms with Gasteiger partial charge in [-0.25, -0.2) is 4.79 Å². The first-order valence-electron chi connectivity index (χ1n) is 19.9. The fraction of sp³-hybridized carbons (Fsp3) is 0.763. The number of carboxylic acid groups (broad SMARTS) is 2. The highest BCUT2D eigenvalue weighted by molar-refractivity contribution is 7.98. The monoisotopic (exact) mass is 858 g/mol. The minimum Gasteiger partial charge on any atom is -0.481 e. The molecule has 1 fully saturated rings. The van der Waals surface area contributed by atoms with Crippen molar-refractivity contribution in [2.75, 3.05) is 18.6 Å². The van der Waals surface area contributed by atoms with E-state index < -0.39 is 132 Å². The van der Waals surface area contributed by atoms with Gasteiger partial charge < -0.3 is 57.9 Å². The predicted molar refractivity (Wildman–Crippen MR) is 218 cm³/mol. The van der Waals surface area contributed by atoms with Gasteiger partial charge in [0.15, 0.2) is 0 Å². The van der Waals surface area contributed by atoms with Gasteiger partial charge in [0.1, 0.15) is 42.3 Å². The maximum Gasteiger partial charge on any atom is 0.326 e. The van der Waals surface area contributed by atoms with E-state index in [9.17, 15) is 58.5 Å². The summed E-state index contributed by atoms with van der Waals surface area (Å²) >= 11 is 1.53. The Labute approximate surface area is 350 Å². The van der Waals surface area contributed by atoms with Crippen molar-refractivity contribution in [1.29, 1.82) is 0 Å². The third kappa shape index (κ3) is 17.3. The highest BCUT2D eigenvalue weighted by Gasteiger charge is 2.40. The Hall–Kier alpha value is -4.50. The molecule has 1 heterocycles. The number of carbonyl (C=O) groups is 9. The minimum atomic E-state index is -1.68. The van der Waals surface area contributed by atoms with Gasteiger partial charge in [-0.2, -0.15) is 11.8 Å². The fourth-order valence-electron chi connectivity index (χ4n) is 6.28. The minimum absolute atomic E-state index is 0.0517. The number of aliphatic hydroxyl groups excluding tert-OH is 1. The Bertz CT molecular complexity index is 1500. The van der Waals surface area contributed by atoms with Crippen molar-refractivity contribution in [3.05, 3.63) is 0 Å². The van der Waals surface area contributed by atoms with Crippen LogP contribution in [0.4, 0.5) is 0 Å². The standard InChI is InChI=1S/C38H66N8O12S/c1-18(2)17-25(38(57)58)42-36(55)30(22(8)47)45-32(51)24(12-13-27(48)49)41-34(53)28(19(3)4)44-35(54)29(20(5)6)43-33(52)26-11-10-15-46(26)37(56)21(7)40-31(50)23(39)14-16-59-9/h18-26,28-30,47H,10-17,39H2,1-9H3,(H,40,50)(H,41,53)(H,42,55)(H,43,52)(H,44,54)(H,45,51)(H,48,49)(H,57,58)/t21-,22+,23-,24-,25-,26-,28-,29-,30-/m0/s1. The molecule has 1 aliphatic rings. The van der Waals surface area contributed by atoms with Crippen LogP contribution in [0.1, 0.15) is 93.9 Å². The lowest BCUT2D eigenvalue weighted by Crippen LogP contribution is -2.62. The van der Waals surface area contributed by atoms with Crippen molar-refractivity contribution < 1.29 is 58.5 Å². The Morgan fingerprint density at radius 3 is 1.73 bits per heavy atom. The van der Waals surface area contributed by atoms with Gasteiger partial charge in [-0.05, 0) is 75.7 Å². The number of rotatable bonds is 25. The van der Waals surface area contributed by atoms with Gasteiger partial charge in [-0.3, -0.25) is 38.4 Å². The van der Waals surface area contributed by atoms with Gasteiger partial charge >= 0.3 is 11.9 Å². The average molecular weight is 859 g/mol. The number of nitrogens with two attached hydrogens (primary N) is 1. The number of carboxylic acids is 2. The number of likely N-dealkylation sites (tertiary alicyclic amines) is 1. The van der Waals surface area contributed by atoms with Gasteiger partial charge in [0.2, 0.25) is 41.4 Å². The molecule has 21 heteroatoms. The molecule has 1 rings (SSSR count). The van der Waals surface area contributed by atoms with Crippen LogP contribution in [0.3, 0.4) is 0 Å². The van der Waals surface area contributed by atoms with Crippen LogP contribution in [0.2, 0.25) is 0 Å². The summed E-state index contributed by atoms with van der Waals surface area (Å²) in [6, 6.07) is -9.83. The Morgan fingerprint density at radius 1 is 0.695 bits per heavy atom. The fourth-order valence-corrected chi connectivity index (χ4v) is 6.77. The number of nitrogens with zero attached hydrogens (tertiary/aromatic N) is 1. The summed E-state index contributed by atoms with van der Waals surface area (Å²) in [5, 5.41) is 44.2. The number of thioether (sulfide) groups is 1. The van der Waals surface area contributed by atoms with Crippen LogP contribution in [0.5, 0.6) is 0 Å². The van der Waals surface area contributed by atoms with E-state index in [1.54, 1.807) is 41.5 Å². The molecule has 0 spiro atoms. The first-order chi connectivity index (χ1) is 27.4. The molecule has 1 saturated heterocycles. The number of hydrogen-bond donors (Lipinski definition) is 10. The van der Waals surface area contributed by atoms with E-state index in [2.05, 4.69) is 31.9 Å². The van der Waals surface area contributed by atoms with Gasteiger partial charge in [0.25, 0.3) is 0 Å². The number of nitrogens with one attached hydrogen (secondary N) is 6. The summed E-state index contributed by atoms with van der Waals surface area (Å²) in [6.45, 7) is 12.9. The number of amides is 7. The second-order valence-corrected chi connectivity index (χ2v) is 17.0. The third-order valence-corrected chi connectivity index (χ3v) is 10.3. The van der Waals surface area contributed by atoms with E-state index in [-0.39, 0.29) is 18.9 Å². The van der Waals surface area contributed by atoms with Crippen LogP contribution in [-0.4, -0.2) is 147 Å². The molecule has 1 aliphatic heterocycles. The van der Waals surface area contributed by atoms with Crippen molar-refractivity contribution in [1.82, 2.24) is 36.8 Å². The second kappa shape index (κ2) is 25.2. The Kier molecular flexibility index (Phi) is 22.4. The van der Waals surface area contributed by atoms with Gasteiger partial charge in [-0.1, -0.05) is 41.5 Å². The maximum atomic E-state index is 13.8. The summed E-state index contributed by atoms with van der Waals surface area (Å²) in [7, 11) is 0. The number of aliphatic carboxylic acids is 2. The van der Waals surface area contributed by atoms with E-state index in [0.29, 0.717) is 25.0 Å². The quantitative estimate of drug-likeness (QED) is 0.0509. The van der Waals surface area contributed by atoms with Crippen LogP contribution >= 0.6 is 11.8 Å². The molecular formula is C38H66N8O12S. The van der Waals surface area contributed by atoms with E-state index in [1.165, 1.54) is 30.5 Å². The number of carbonyl (C=O) groups excluding carboxylic acids is 7. The molecule has 0 aromatic heterocycles. The molecule has 0 unspecified atom stereocenters. The van der Waals surface area contributed by atoms with Crippen molar-refractivity contribution in [2.24, 2.45) is 23.5 Å². The zero-order valence-electron chi connectivity index (χ0n) is 35.5. The summed E-state index contributed by atoms with van der Waals surface area (Å²) in [5.74, 6) is -8.57. The molecule has 0 bridgehead atoms. The molecule has 20 nitrogen and oxygen atoms in total. The van der Waals surface area contributed by atoms with Crippen LogP contribution in [-0.2, 0) is 43.2 Å². The third-order valence-electron chi connectivity index (χ3n) is 9.70. The lowest BCUT2D eigenvalue weighted by atomic mass is 9.98. The van der Waals surface area contributed by atoms with E-state index >= 15 is 0 Å². The van der Waals surface area contributed by atoms with Crippen molar-refractivity contribution >= 4 is 65.1 Å². The summed E-state index contributed by atoms with van der Waals surface area (Å²) in [4.78, 5) is 118. The van der Waals surface area contributed by atoms with E-state index in [0.717, 1.165) is 0 Å². The Balaban J connectivity index is 3.18. The lowest BCUT2D eigenvalue weighted by Gasteiger charge is -2.31. The molecule has 0 radical (unpaired) electrons. The summed E-state index contributed by atoms with van der Waals surface area (Å²) in [6.07, 6.45) is 0.546. The first kappa shape index (κ1) is 52.5. The SMILES string of the molecule is CSCC[C@H](N)C(=O)N[C@@H](C)C(=O)N1CCC[C@H]1C(=O)N[C@H](C(=O)N[C@H](C(=O)N[C@@H](CCC(=O)O)C(=O)N[C@H](C(=O)N[C@@H](CC(C)C)C(=O)O)[C@@H](C)O)C(C)C)C(C)C.